The zero-order valence-corrected chi connectivity index (χ0v) is 16.0. The first-order valence-electron chi connectivity index (χ1n) is 8.20. The summed E-state index contributed by atoms with van der Waals surface area (Å²) >= 11 is 9.21. The van der Waals surface area contributed by atoms with Gasteiger partial charge in [0.15, 0.2) is 5.16 Å². The van der Waals surface area contributed by atoms with Gasteiger partial charge in [-0.15, -0.1) is 17.9 Å². The molecule has 128 valence electrons. The Morgan fingerprint density at radius 1 is 1.32 bits per heavy atom. The number of benzene rings is 1. The number of nitrogens with zero attached hydrogens (tertiary/aromatic N) is 2. The van der Waals surface area contributed by atoms with E-state index in [1.807, 2.05) is 24.3 Å². The molecule has 25 heavy (non-hydrogen) atoms. The van der Waals surface area contributed by atoms with E-state index in [1.54, 1.807) is 33.7 Å². The molecule has 0 N–H and O–H groups in total. The fourth-order valence-electron chi connectivity index (χ4n) is 3.19. The van der Waals surface area contributed by atoms with Gasteiger partial charge in [0.1, 0.15) is 4.83 Å². The lowest BCUT2D eigenvalue weighted by molar-refractivity contribution is 0.672. The molecule has 1 aliphatic carbocycles. The smallest absolute Gasteiger partial charge is 0.263 e. The first kappa shape index (κ1) is 16.9. The molecule has 0 amide bonds. The van der Waals surface area contributed by atoms with Crippen LogP contribution in [0.1, 0.15) is 22.4 Å². The molecular formula is C19H17ClN2OS2. The van der Waals surface area contributed by atoms with E-state index in [0.29, 0.717) is 6.54 Å². The number of hydrogen-bond acceptors (Lipinski definition) is 4. The summed E-state index contributed by atoms with van der Waals surface area (Å²) in [5, 5.41) is 2.31. The van der Waals surface area contributed by atoms with Gasteiger partial charge in [0, 0.05) is 22.2 Å². The van der Waals surface area contributed by atoms with Gasteiger partial charge in [0.25, 0.3) is 5.56 Å². The third-order valence-electron chi connectivity index (χ3n) is 4.38. The van der Waals surface area contributed by atoms with Crippen LogP contribution in [0.4, 0.5) is 0 Å². The second-order valence-corrected chi connectivity index (χ2v) is 8.51. The van der Waals surface area contributed by atoms with E-state index in [0.717, 1.165) is 51.0 Å². The molecule has 4 rings (SSSR count). The van der Waals surface area contributed by atoms with Crippen molar-refractivity contribution in [2.45, 2.75) is 36.7 Å². The van der Waals surface area contributed by atoms with Crippen molar-refractivity contribution in [1.29, 1.82) is 0 Å². The Morgan fingerprint density at radius 3 is 2.88 bits per heavy atom. The molecular weight excluding hydrogens is 372 g/mol. The number of hydrogen-bond donors (Lipinski definition) is 0. The minimum absolute atomic E-state index is 0.0721. The van der Waals surface area contributed by atoms with Crippen molar-refractivity contribution >= 4 is 44.9 Å². The normalized spacial score (nSPS) is 13.3. The van der Waals surface area contributed by atoms with Gasteiger partial charge in [-0.2, -0.15) is 0 Å². The standard InChI is InChI=1S/C19H17ClN2OS2/c1-2-10-22-18(23)16-14-4-3-5-15(14)25-17(16)21-19(22)24-11-12-6-8-13(20)9-7-12/h2,6-9H,1,3-5,10-11H2. The summed E-state index contributed by atoms with van der Waals surface area (Å²) in [6.07, 6.45) is 4.97. The molecule has 1 aromatic carbocycles. The monoisotopic (exact) mass is 388 g/mol. The number of fused-ring (bicyclic) bond motifs is 3. The van der Waals surface area contributed by atoms with Crippen LogP contribution in [0.5, 0.6) is 0 Å². The van der Waals surface area contributed by atoms with Crippen LogP contribution in [-0.2, 0) is 25.1 Å². The third-order valence-corrected chi connectivity index (χ3v) is 6.87. The highest BCUT2D eigenvalue weighted by Gasteiger charge is 2.23. The largest absolute Gasteiger partial charge is 0.283 e. The summed E-state index contributed by atoms with van der Waals surface area (Å²) in [5.41, 5.74) is 2.45. The first-order valence-corrected chi connectivity index (χ1v) is 10.4. The first-order chi connectivity index (χ1) is 12.2. The Balaban J connectivity index is 1.74. The van der Waals surface area contributed by atoms with Gasteiger partial charge in [0.05, 0.1) is 5.39 Å². The molecule has 2 heterocycles. The number of thiophene rings is 1. The zero-order chi connectivity index (χ0) is 17.4. The van der Waals surface area contributed by atoms with Crippen molar-refractivity contribution in [3.8, 4) is 0 Å². The van der Waals surface area contributed by atoms with E-state index in [-0.39, 0.29) is 5.56 Å². The van der Waals surface area contributed by atoms with Gasteiger partial charge in [-0.1, -0.05) is 41.6 Å². The van der Waals surface area contributed by atoms with Crippen LogP contribution in [0, 0.1) is 0 Å². The molecule has 2 aromatic heterocycles. The van der Waals surface area contributed by atoms with Gasteiger partial charge in [-0.3, -0.25) is 9.36 Å². The van der Waals surface area contributed by atoms with E-state index in [4.69, 9.17) is 16.6 Å². The average molecular weight is 389 g/mol. The molecule has 3 nitrogen and oxygen atoms in total. The maximum atomic E-state index is 13.1. The van der Waals surface area contributed by atoms with Crippen LogP contribution in [0.15, 0.2) is 46.9 Å². The lowest BCUT2D eigenvalue weighted by Crippen LogP contribution is -2.22. The molecule has 0 unspecified atom stereocenters. The van der Waals surface area contributed by atoms with Gasteiger partial charge < -0.3 is 0 Å². The summed E-state index contributed by atoms with van der Waals surface area (Å²) in [6.45, 7) is 4.28. The fourth-order valence-corrected chi connectivity index (χ4v) is 5.58. The number of aromatic nitrogens is 2. The van der Waals surface area contributed by atoms with Crippen molar-refractivity contribution in [3.63, 3.8) is 0 Å². The Morgan fingerprint density at radius 2 is 2.12 bits per heavy atom. The Hall–Kier alpha value is -1.56. The highest BCUT2D eigenvalue weighted by Crippen LogP contribution is 2.35. The van der Waals surface area contributed by atoms with Crippen molar-refractivity contribution in [3.05, 3.63) is 68.3 Å². The third kappa shape index (κ3) is 3.16. The molecule has 3 aromatic rings. The van der Waals surface area contributed by atoms with E-state index in [1.165, 1.54) is 10.4 Å². The number of aryl methyl sites for hydroxylation is 2. The topological polar surface area (TPSA) is 34.9 Å². The van der Waals surface area contributed by atoms with Crippen molar-refractivity contribution < 1.29 is 0 Å². The fraction of sp³-hybridized carbons (Fsp3) is 0.263. The van der Waals surface area contributed by atoms with Crippen LogP contribution < -0.4 is 5.56 Å². The molecule has 0 fully saturated rings. The minimum atomic E-state index is 0.0721. The van der Waals surface area contributed by atoms with Crippen molar-refractivity contribution in [2.24, 2.45) is 0 Å². The van der Waals surface area contributed by atoms with Crippen LogP contribution in [0.3, 0.4) is 0 Å². The molecule has 0 radical (unpaired) electrons. The highest BCUT2D eigenvalue weighted by molar-refractivity contribution is 7.98. The summed E-state index contributed by atoms with van der Waals surface area (Å²) in [4.78, 5) is 20.1. The minimum Gasteiger partial charge on any atom is -0.283 e. The van der Waals surface area contributed by atoms with Crippen molar-refractivity contribution in [1.82, 2.24) is 9.55 Å². The molecule has 1 aliphatic rings. The lowest BCUT2D eigenvalue weighted by Gasteiger charge is -2.10. The summed E-state index contributed by atoms with van der Waals surface area (Å²) < 4.78 is 1.75. The quantitative estimate of drug-likeness (QED) is 0.347. The lowest BCUT2D eigenvalue weighted by atomic mass is 10.2. The van der Waals surface area contributed by atoms with Crippen LogP contribution in [-0.4, -0.2) is 9.55 Å². The molecule has 0 atom stereocenters. The summed E-state index contributed by atoms with van der Waals surface area (Å²) in [5.74, 6) is 0.747. The SMILES string of the molecule is C=CCn1c(SCc2ccc(Cl)cc2)nc2sc3c(c2c1=O)CCC3. The second-order valence-electron chi connectivity index (χ2n) is 6.05. The molecule has 0 spiro atoms. The maximum Gasteiger partial charge on any atom is 0.263 e. The van der Waals surface area contributed by atoms with Crippen LogP contribution in [0.2, 0.25) is 5.02 Å². The van der Waals surface area contributed by atoms with Crippen LogP contribution in [0.25, 0.3) is 10.2 Å². The second kappa shape index (κ2) is 6.98. The Bertz CT molecular complexity index is 1000. The summed E-state index contributed by atoms with van der Waals surface area (Å²) in [6, 6.07) is 7.77. The van der Waals surface area contributed by atoms with E-state index < -0.39 is 0 Å². The van der Waals surface area contributed by atoms with Crippen LogP contribution >= 0.6 is 34.7 Å². The highest BCUT2D eigenvalue weighted by atomic mass is 35.5. The predicted molar refractivity (Wildman–Crippen MR) is 107 cm³/mol. The molecule has 0 aliphatic heterocycles. The Labute approximate surface area is 159 Å². The molecule has 0 bridgehead atoms. The van der Waals surface area contributed by atoms with E-state index >= 15 is 0 Å². The predicted octanol–water partition coefficient (Wildman–Crippen LogP) is 5.08. The van der Waals surface area contributed by atoms with Gasteiger partial charge in [-0.05, 0) is 42.5 Å². The van der Waals surface area contributed by atoms with Gasteiger partial charge >= 0.3 is 0 Å². The number of allylic oxidation sites excluding steroid dienone is 1. The zero-order valence-electron chi connectivity index (χ0n) is 13.6. The molecule has 0 saturated carbocycles. The van der Waals surface area contributed by atoms with Gasteiger partial charge in [-0.25, -0.2) is 4.98 Å². The van der Waals surface area contributed by atoms with E-state index in [9.17, 15) is 4.79 Å². The number of thioether (sulfide) groups is 1. The van der Waals surface area contributed by atoms with E-state index in [2.05, 4.69) is 6.58 Å². The van der Waals surface area contributed by atoms with Gasteiger partial charge in [0.2, 0.25) is 0 Å². The Kier molecular flexibility index (Phi) is 4.71. The molecule has 0 saturated heterocycles. The maximum absolute atomic E-state index is 13.1. The summed E-state index contributed by atoms with van der Waals surface area (Å²) in [7, 11) is 0. The average Bonchev–Trinajstić information content (AvgIpc) is 3.18. The number of halogens is 1. The number of rotatable bonds is 5. The van der Waals surface area contributed by atoms with Crippen molar-refractivity contribution in [2.75, 3.05) is 0 Å². The molecule has 6 heteroatoms.